The molecule has 1 aliphatic rings. The molecule has 0 spiro atoms. The number of hydrogen-bond acceptors (Lipinski definition) is 4. The van der Waals surface area contributed by atoms with E-state index in [-0.39, 0.29) is 18.7 Å². The number of amides is 2. The largest absolute Gasteiger partial charge is 0.396 e. The molecule has 2 rings (SSSR count). The third kappa shape index (κ3) is 4.59. The normalized spacial score (nSPS) is 15.8. The van der Waals surface area contributed by atoms with Gasteiger partial charge in [-0.3, -0.25) is 0 Å². The maximum atomic E-state index is 14.1. The van der Waals surface area contributed by atoms with Crippen molar-refractivity contribution >= 4 is 11.7 Å². The molecule has 2 N–H and O–H groups in total. The number of nitrogens with zero attached hydrogens (tertiary/aromatic N) is 3. The Hall–Kier alpha value is -2.33. The van der Waals surface area contributed by atoms with Crippen LogP contribution in [0.4, 0.5) is 14.9 Å². The number of carbonyl (C=O) groups excluding carboxylic acids is 1. The van der Waals surface area contributed by atoms with Crippen LogP contribution in [0.15, 0.2) is 18.2 Å². The molecule has 1 atom stereocenters. The highest BCUT2D eigenvalue weighted by Gasteiger charge is 2.23. The SMILES string of the molecule is CC(CCCO)NC(=O)N1CCN(c2ccc(C#N)cc2F)CC1. The van der Waals surface area contributed by atoms with Crippen LogP contribution in [0.25, 0.3) is 0 Å². The monoisotopic (exact) mass is 334 g/mol. The molecule has 1 aromatic carbocycles. The summed E-state index contributed by atoms with van der Waals surface area (Å²) in [6.45, 7) is 4.14. The Bertz CT molecular complexity index is 609. The van der Waals surface area contributed by atoms with Crippen LogP contribution in [0.5, 0.6) is 0 Å². The number of rotatable bonds is 5. The maximum Gasteiger partial charge on any atom is 0.317 e. The Balaban J connectivity index is 1.87. The third-order valence-corrected chi connectivity index (χ3v) is 4.15. The molecule has 1 heterocycles. The first-order valence-corrected chi connectivity index (χ1v) is 8.16. The van der Waals surface area contributed by atoms with E-state index in [1.165, 1.54) is 6.07 Å². The number of carbonyl (C=O) groups is 1. The number of aliphatic hydroxyl groups excluding tert-OH is 1. The average molecular weight is 334 g/mol. The molecule has 1 saturated heterocycles. The van der Waals surface area contributed by atoms with Gasteiger partial charge in [-0.2, -0.15) is 5.26 Å². The zero-order valence-electron chi connectivity index (χ0n) is 13.8. The van der Waals surface area contributed by atoms with E-state index in [0.717, 1.165) is 6.42 Å². The van der Waals surface area contributed by atoms with E-state index in [2.05, 4.69) is 5.32 Å². The van der Waals surface area contributed by atoms with Crippen molar-refractivity contribution in [1.82, 2.24) is 10.2 Å². The zero-order valence-corrected chi connectivity index (χ0v) is 13.8. The van der Waals surface area contributed by atoms with Crippen LogP contribution in [-0.4, -0.2) is 54.9 Å². The number of nitrogens with one attached hydrogen (secondary N) is 1. The van der Waals surface area contributed by atoms with Crippen LogP contribution in [0, 0.1) is 17.1 Å². The van der Waals surface area contributed by atoms with Gasteiger partial charge in [0, 0.05) is 38.8 Å². The fourth-order valence-corrected chi connectivity index (χ4v) is 2.76. The van der Waals surface area contributed by atoms with Crippen LogP contribution < -0.4 is 10.2 Å². The molecular weight excluding hydrogens is 311 g/mol. The predicted octanol–water partition coefficient (Wildman–Crippen LogP) is 1.69. The predicted molar refractivity (Wildman–Crippen MR) is 89.2 cm³/mol. The lowest BCUT2D eigenvalue weighted by molar-refractivity contribution is 0.189. The summed E-state index contributed by atoms with van der Waals surface area (Å²) in [5.74, 6) is -0.412. The van der Waals surface area contributed by atoms with E-state index in [1.54, 1.807) is 17.0 Å². The first kappa shape index (κ1) is 18.0. The highest BCUT2D eigenvalue weighted by atomic mass is 19.1. The number of anilines is 1. The van der Waals surface area contributed by atoms with E-state index in [1.807, 2.05) is 17.9 Å². The first-order chi connectivity index (χ1) is 11.5. The molecule has 0 radical (unpaired) electrons. The van der Waals surface area contributed by atoms with Crippen molar-refractivity contribution in [3.63, 3.8) is 0 Å². The molecule has 2 amide bonds. The molecule has 1 fully saturated rings. The van der Waals surface area contributed by atoms with E-state index in [0.29, 0.717) is 43.9 Å². The van der Waals surface area contributed by atoms with Crippen molar-refractivity contribution < 1.29 is 14.3 Å². The van der Waals surface area contributed by atoms with Gasteiger partial charge >= 0.3 is 6.03 Å². The molecule has 0 bridgehead atoms. The standard InChI is InChI=1S/C17H23FN4O2/c1-13(3-2-10-23)20-17(24)22-8-6-21(7-9-22)16-5-4-14(12-19)11-15(16)18/h4-5,11,13,23H,2-3,6-10H2,1H3,(H,20,24). The Labute approximate surface area is 141 Å². The number of benzene rings is 1. The quantitative estimate of drug-likeness (QED) is 0.859. The number of aliphatic hydroxyl groups is 1. The topological polar surface area (TPSA) is 79.6 Å². The van der Waals surface area contributed by atoms with Crippen LogP contribution in [0.3, 0.4) is 0 Å². The van der Waals surface area contributed by atoms with Gasteiger partial charge in [0.2, 0.25) is 0 Å². The number of urea groups is 1. The van der Waals surface area contributed by atoms with Crippen molar-refractivity contribution in [2.45, 2.75) is 25.8 Å². The van der Waals surface area contributed by atoms with Crippen LogP contribution in [0.1, 0.15) is 25.3 Å². The van der Waals surface area contributed by atoms with E-state index in [9.17, 15) is 9.18 Å². The van der Waals surface area contributed by atoms with E-state index in [4.69, 9.17) is 10.4 Å². The lowest BCUT2D eigenvalue weighted by atomic mass is 10.2. The number of piperazine rings is 1. The summed E-state index contributed by atoms with van der Waals surface area (Å²) >= 11 is 0. The summed E-state index contributed by atoms with van der Waals surface area (Å²) < 4.78 is 14.1. The summed E-state index contributed by atoms with van der Waals surface area (Å²) in [4.78, 5) is 15.8. The molecule has 0 aliphatic carbocycles. The van der Waals surface area contributed by atoms with Gasteiger partial charge in [-0.25, -0.2) is 9.18 Å². The molecule has 7 heteroatoms. The van der Waals surface area contributed by atoms with E-state index >= 15 is 0 Å². The molecule has 130 valence electrons. The summed E-state index contributed by atoms with van der Waals surface area (Å²) in [6.07, 6.45) is 1.39. The lowest BCUT2D eigenvalue weighted by Crippen LogP contribution is -2.53. The number of nitriles is 1. The molecule has 1 aromatic rings. The molecule has 6 nitrogen and oxygen atoms in total. The summed E-state index contributed by atoms with van der Waals surface area (Å²) in [7, 11) is 0. The minimum absolute atomic E-state index is 0.0126. The van der Waals surface area contributed by atoms with Crippen molar-refractivity contribution in [1.29, 1.82) is 5.26 Å². The van der Waals surface area contributed by atoms with Gasteiger partial charge < -0.3 is 20.2 Å². The Kier molecular flexibility index (Phi) is 6.38. The number of hydrogen-bond donors (Lipinski definition) is 2. The molecule has 0 aromatic heterocycles. The highest BCUT2D eigenvalue weighted by Crippen LogP contribution is 2.21. The lowest BCUT2D eigenvalue weighted by Gasteiger charge is -2.36. The van der Waals surface area contributed by atoms with Crippen LogP contribution >= 0.6 is 0 Å². The minimum atomic E-state index is -0.412. The first-order valence-electron chi connectivity index (χ1n) is 8.16. The van der Waals surface area contributed by atoms with Gasteiger partial charge in [0.15, 0.2) is 0 Å². The van der Waals surface area contributed by atoms with Crippen molar-refractivity contribution in [3.8, 4) is 6.07 Å². The van der Waals surface area contributed by atoms with Crippen LogP contribution in [0.2, 0.25) is 0 Å². The average Bonchev–Trinajstić information content (AvgIpc) is 2.60. The molecular formula is C17H23FN4O2. The Morgan fingerprint density at radius 1 is 1.42 bits per heavy atom. The van der Waals surface area contributed by atoms with E-state index < -0.39 is 5.82 Å². The third-order valence-electron chi connectivity index (χ3n) is 4.15. The van der Waals surface area contributed by atoms with Crippen molar-refractivity contribution in [2.75, 3.05) is 37.7 Å². The highest BCUT2D eigenvalue weighted by molar-refractivity contribution is 5.74. The molecule has 1 aliphatic heterocycles. The van der Waals surface area contributed by atoms with Gasteiger partial charge in [0.1, 0.15) is 5.82 Å². The molecule has 0 saturated carbocycles. The summed E-state index contributed by atoms with van der Waals surface area (Å²) in [6, 6.07) is 6.25. The summed E-state index contributed by atoms with van der Waals surface area (Å²) in [5.41, 5.74) is 0.761. The van der Waals surface area contributed by atoms with Crippen molar-refractivity contribution in [2.24, 2.45) is 0 Å². The second kappa shape index (κ2) is 8.50. The maximum absolute atomic E-state index is 14.1. The zero-order chi connectivity index (χ0) is 17.5. The van der Waals surface area contributed by atoms with Gasteiger partial charge in [0.05, 0.1) is 17.3 Å². The van der Waals surface area contributed by atoms with Crippen molar-refractivity contribution in [3.05, 3.63) is 29.6 Å². The second-order valence-corrected chi connectivity index (χ2v) is 5.97. The molecule has 1 unspecified atom stereocenters. The second-order valence-electron chi connectivity index (χ2n) is 5.97. The van der Waals surface area contributed by atoms with Crippen LogP contribution in [-0.2, 0) is 0 Å². The number of halogens is 1. The Morgan fingerprint density at radius 3 is 2.71 bits per heavy atom. The van der Waals surface area contributed by atoms with Gasteiger partial charge in [-0.05, 0) is 38.0 Å². The fourth-order valence-electron chi connectivity index (χ4n) is 2.76. The van der Waals surface area contributed by atoms with Gasteiger partial charge in [-0.1, -0.05) is 0 Å². The van der Waals surface area contributed by atoms with Gasteiger partial charge in [-0.15, -0.1) is 0 Å². The fraction of sp³-hybridized carbons (Fsp3) is 0.529. The Morgan fingerprint density at radius 2 is 2.12 bits per heavy atom. The smallest absolute Gasteiger partial charge is 0.317 e. The minimum Gasteiger partial charge on any atom is -0.396 e. The van der Waals surface area contributed by atoms with Gasteiger partial charge in [0.25, 0.3) is 0 Å². The molecule has 24 heavy (non-hydrogen) atoms. The summed E-state index contributed by atoms with van der Waals surface area (Å²) in [5, 5.41) is 20.5.